The maximum atomic E-state index is 12.2. The summed E-state index contributed by atoms with van der Waals surface area (Å²) in [6.45, 7) is 0. The van der Waals surface area contributed by atoms with Gasteiger partial charge in [-0.25, -0.2) is 0 Å². The lowest BCUT2D eigenvalue weighted by molar-refractivity contribution is 0.109. The minimum Gasteiger partial charge on any atom is -0.363 e. The quantitative estimate of drug-likeness (QED) is 0.741. The zero-order chi connectivity index (χ0) is 13.1. The molecule has 92 valence electrons. The number of hydrogen-bond donors (Lipinski definition) is 0. The average Bonchev–Trinajstić information content (AvgIpc) is 2.37. The van der Waals surface area contributed by atoms with Gasteiger partial charge in [-0.05, 0) is 28.6 Å². The summed E-state index contributed by atoms with van der Waals surface area (Å²) in [5, 5.41) is 2.03. The third-order valence-electron chi connectivity index (χ3n) is 2.55. The Morgan fingerprint density at radius 2 is 1.78 bits per heavy atom. The molecule has 0 aliphatic rings. The molecule has 2 aromatic rings. The molecule has 0 radical (unpaired) electrons. The Morgan fingerprint density at radius 3 is 2.50 bits per heavy atom. The predicted octanol–water partition coefficient (Wildman–Crippen LogP) is 3.56. The van der Waals surface area contributed by atoms with Crippen LogP contribution in [-0.2, 0) is 0 Å². The topological polar surface area (TPSA) is 20.3 Å². The maximum absolute atomic E-state index is 12.2. The molecule has 0 atom stereocenters. The molecule has 0 saturated carbocycles. The van der Waals surface area contributed by atoms with Gasteiger partial charge in [-0.2, -0.15) is 0 Å². The summed E-state index contributed by atoms with van der Waals surface area (Å²) in [6.07, 6.45) is 0. The number of carbonyl (C=O) groups is 1. The monoisotopic (exact) mass is 275 g/mol. The van der Waals surface area contributed by atoms with Gasteiger partial charge in [-0.15, -0.1) is 0 Å². The fourth-order valence-corrected chi connectivity index (χ4v) is 2.49. The Balaban J connectivity index is 2.36. The Labute approximate surface area is 116 Å². The molecule has 0 spiro atoms. The van der Waals surface area contributed by atoms with Crippen LogP contribution in [-0.4, -0.2) is 28.4 Å². The van der Waals surface area contributed by atoms with Crippen molar-refractivity contribution in [2.75, 3.05) is 14.1 Å². The van der Waals surface area contributed by atoms with Crippen LogP contribution in [0.15, 0.2) is 42.5 Å². The van der Waals surface area contributed by atoms with E-state index >= 15 is 0 Å². The molecule has 0 unspecified atom stereocenters. The summed E-state index contributed by atoms with van der Waals surface area (Å²) in [6, 6.07) is 13.6. The Kier molecular flexibility index (Phi) is 3.99. The van der Waals surface area contributed by atoms with E-state index < -0.39 is 0 Å². The van der Waals surface area contributed by atoms with Gasteiger partial charge in [-0.1, -0.05) is 48.6 Å². The van der Waals surface area contributed by atoms with E-state index in [1.165, 1.54) is 0 Å². The Morgan fingerprint density at radius 1 is 1.11 bits per heavy atom. The van der Waals surface area contributed by atoms with Crippen LogP contribution >= 0.6 is 24.0 Å². The first-order valence-electron chi connectivity index (χ1n) is 5.51. The van der Waals surface area contributed by atoms with Crippen molar-refractivity contribution in [1.82, 2.24) is 4.90 Å². The molecule has 4 heteroatoms. The van der Waals surface area contributed by atoms with Crippen molar-refractivity contribution in [3.8, 4) is 0 Å². The first-order chi connectivity index (χ1) is 8.59. The summed E-state index contributed by atoms with van der Waals surface area (Å²) < 4.78 is 0.577. The number of fused-ring (bicyclic) bond motifs is 1. The summed E-state index contributed by atoms with van der Waals surface area (Å²) in [4.78, 5) is 14.0. The van der Waals surface area contributed by atoms with Crippen LogP contribution in [0.2, 0.25) is 0 Å². The van der Waals surface area contributed by atoms with E-state index in [-0.39, 0.29) is 5.12 Å². The van der Waals surface area contributed by atoms with E-state index in [0.29, 0.717) is 9.88 Å². The summed E-state index contributed by atoms with van der Waals surface area (Å²) in [7, 11) is 3.68. The highest BCUT2D eigenvalue weighted by Gasteiger charge is 2.13. The van der Waals surface area contributed by atoms with E-state index in [1.807, 2.05) is 56.6 Å². The first-order valence-corrected chi connectivity index (χ1v) is 6.73. The second kappa shape index (κ2) is 5.50. The number of thiocarbonyl (C=S) groups is 1. The smallest absolute Gasteiger partial charge is 0.226 e. The summed E-state index contributed by atoms with van der Waals surface area (Å²) in [5.74, 6) is 0. The maximum Gasteiger partial charge on any atom is 0.226 e. The van der Waals surface area contributed by atoms with Crippen molar-refractivity contribution in [2.24, 2.45) is 0 Å². The minimum absolute atomic E-state index is 0.00880. The van der Waals surface area contributed by atoms with Crippen LogP contribution in [0.1, 0.15) is 10.4 Å². The molecule has 0 aliphatic carbocycles. The minimum atomic E-state index is -0.00880. The zero-order valence-corrected chi connectivity index (χ0v) is 11.8. The van der Waals surface area contributed by atoms with Gasteiger partial charge in [0.15, 0.2) is 0 Å². The molecule has 0 aromatic heterocycles. The molecule has 2 nitrogen and oxygen atoms in total. The van der Waals surface area contributed by atoms with E-state index in [2.05, 4.69) is 0 Å². The van der Waals surface area contributed by atoms with Gasteiger partial charge < -0.3 is 4.90 Å². The molecule has 2 aromatic carbocycles. The van der Waals surface area contributed by atoms with Gasteiger partial charge in [0, 0.05) is 19.7 Å². The van der Waals surface area contributed by atoms with Crippen LogP contribution < -0.4 is 0 Å². The predicted molar refractivity (Wildman–Crippen MR) is 82.2 cm³/mol. The lowest BCUT2D eigenvalue weighted by Gasteiger charge is -2.12. The zero-order valence-electron chi connectivity index (χ0n) is 10.2. The molecule has 18 heavy (non-hydrogen) atoms. The van der Waals surface area contributed by atoms with E-state index in [1.54, 1.807) is 4.90 Å². The molecule has 2 rings (SSSR count). The van der Waals surface area contributed by atoms with Crippen molar-refractivity contribution < 1.29 is 4.79 Å². The van der Waals surface area contributed by atoms with Gasteiger partial charge >= 0.3 is 0 Å². The van der Waals surface area contributed by atoms with Crippen LogP contribution in [0.4, 0.5) is 0 Å². The second-order valence-corrected chi connectivity index (χ2v) is 5.68. The highest BCUT2D eigenvalue weighted by molar-refractivity contribution is 8.33. The van der Waals surface area contributed by atoms with Crippen molar-refractivity contribution in [3.63, 3.8) is 0 Å². The van der Waals surface area contributed by atoms with E-state index in [4.69, 9.17) is 12.2 Å². The summed E-state index contributed by atoms with van der Waals surface area (Å²) >= 11 is 6.24. The standard InChI is InChI=1S/C14H13NOS2/c1-15(2)14(17)18-13(16)12-9-5-7-10-6-3-4-8-11(10)12/h3-9H,1-2H3. The second-order valence-electron chi connectivity index (χ2n) is 4.08. The highest BCUT2D eigenvalue weighted by Crippen LogP contribution is 2.23. The van der Waals surface area contributed by atoms with Crippen LogP contribution in [0, 0.1) is 0 Å². The van der Waals surface area contributed by atoms with Gasteiger partial charge in [0.1, 0.15) is 4.32 Å². The van der Waals surface area contributed by atoms with Crippen LogP contribution in [0.25, 0.3) is 10.8 Å². The van der Waals surface area contributed by atoms with Crippen molar-refractivity contribution in [1.29, 1.82) is 0 Å². The van der Waals surface area contributed by atoms with E-state index in [0.717, 1.165) is 22.5 Å². The van der Waals surface area contributed by atoms with Gasteiger partial charge in [0.25, 0.3) is 0 Å². The molecule has 0 fully saturated rings. The largest absolute Gasteiger partial charge is 0.363 e. The summed E-state index contributed by atoms with van der Waals surface area (Å²) in [5.41, 5.74) is 0.710. The molecule has 0 N–H and O–H groups in total. The normalized spacial score (nSPS) is 10.3. The number of rotatable bonds is 1. The molecule has 0 heterocycles. The molecule has 0 amide bonds. The third kappa shape index (κ3) is 2.71. The molecule has 0 saturated heterocycles. The average molecular weight is 275 g/mol. The van der Waals surface area contributed by atoms with Crippen molar-refractivity contribution in [2.45, 2.75) is 0 Å². The number of carbonyl (C=O) groups excluding carboxylic acids is 1. The van der Waals surface area contributed by atoms with Crippen molar-refractivity contribution in [3.05, 3.63) is 48.0 Å². The molecular formula is C14H13NOS2. The third-order valence-corrected chi connectivity index (χ3v) is 4.11. The van der Waals surface area contributed by atoms with Crippen LogP contribution in [0.3, 0.4) is 0 Å². The Bertz CT molecular complexity index is 602. The highest BCUT2D eigenvalue weighted by atomic mass is 32.2. The SMILES string of the molecule is CN(C)C(=S)SC(=O)c1cccc2ccccc12. The number of thioether (sulfide) groups is 1. The van der Waals surface area contributed by atoms with Crippen LogP contribution in [0.5, 0.6) is 0 Å². The van der Waals surface area contributed by atoms with E-state index in [9.17, 15) is 4.79 Å². The van der Waals surface area contributed by atoms with Crippen molar-refractivity contribution >= 4 is 44.2 Å². The number of nitrogens with zero attached hydrogens (tertiary/aromatic N) is 1. The molecule has 0 aliphatic heterocycles. The van der Waals surface area contributed by atoms with Gasteiger partial charge in [0.05, 0.1) is 0 Å². The number of benzene rings is 2. The Hall–Kier alpha value is -1.39. The van der Waals surface area contributed by atoms with Gasteiger partial charge in [-0.3, -0.25) is 4.79 Å². The lowest BCUT2D eigenvalue weighted by atomic mass is 10.1. The van der Waals surface area contributed by atoms with Gasteiger partial charge in [0.2, 0.25) is 5.12 Å². The molecule has 0 bridgehead atoms. The fraction of sp³-hybridized carbons (Fsp3) is 0.143. The lowest BCUT2D eigenvalue weighted by Crippen LogP contribution is -2.18. The fourth-order valence-electron chi connectivity index (χ4n) is 1.63. The molecular weight excluding hydrogens is 262 g/mol. The first kappa shape index (κ1) is 13.1. The number of hydrogen-bond acceptors (Lipinski definition) is 3.